The Morgan fingerprint density at radius 2 is 1.87 bits per heavy atom. The molecule has 6 nitrogen and oxygen atoms in total. The molecule has 23 heavy (non-hydrogen) atoms. The van der Waals surface area contributed by atoms with Gasteiger partial charge in [0.05, 0.1) is 16.3 Å². The topological polar surface area (TPSA) is 84.5 Å². The molecule has 0 spiro atoms. The van der Waals surface area contributed by atoms with Gasteiger partial charge in [0.15, 0.2) is 6.10 Å². The minimum atomic E-state index is -3.71. The minimum absolute atomic E-state index is 0.146. The highest BCUT2D eigenvalue weighted by molar-refractivity contribution is 9.10. The maximum absolute atomic E-state index is 12.4. The normalized spacial score (nSPS) is 17.0. The summed E-state index contributed by atoms with van der Waals surface area (Å²) in [6, 6.07) is 11.0. The molecular formula is C15H13BrN2O4S. The van der Waals surface area contributed by atoms with Gasteiger partial charge >= 0.3 is 0 Å². The number of fused-ring (bicyclic) bond motifs is 1. The Hall–Kier alpha value is -2.06. The molecule has 1 aliphatic rings. The molecule has 0 aromatic heterocycles. The van der Waals surface area contributed by atoms with Crippen LogP contribution in [0.4, 0.5) is 11.4 Å². The molecule has 2 aromatic carbocycles. The van der Waals surface area contributed by atoms with Crippen LogP contribution in [0.1, 0.15) is 6.92 Å². The van der Waals surface area contributed by atoms with Crippen LogP contribution in [0, 0.1) is 0 Å². The lowest BCUT2D eigenvalue weighted by Crippen LogP contribution is -2.34. The monoisotopic (exact) mass is 396 g/mol. The highest BCUT2D eigenvalue weighted by Gasteiger charge is 2.24. The van der Waals surface area contributed by atoms with Gasteiger partial charge in [-0.2, -0.15) is 0 Å². The van der Waals surface area contributed by atoms with Crippen LogP contribution >= 0.6 is 15.9 Å². The van der Waals surface area contributed by atoms with Crippen LogP contribution in [-0.4, -0.2) is 20.4 Å². The third-order valence-corrected chi connectivity index (χ3v) is 5.21. The number of hydrogen-bond donors (Lipinski definition) is 2. The van der Waals surface area contributed by atoms with Gasteiger partial charge in [-0.05, 0) is 49.4 Å². The van der Waals surface area contributed by atoms with Crippen molar-refractivity contribution in [2.45, 2.75) is 17.9 Å². The number of rotatable bonds is 3. The zero-order chi connectivity index (χ0) is 16.6. The Kier molecular flexibility index (Phi) is 4.03. The zero-order valence-electron chi connectivity index (χ0n) is 12.0. The third kappa shape index (κ3) is 3.32. The van der Waals surface area contributed by atoms with Gasteiger partial charge in [-0.1, -0.05) is 15.9 Å². The molecule has 1 heterocycles. The summed E-state index contributed by atoms with van der Waals surface area (Å²) in [5.41, 5.74) is 0.772. The third-order valence-electron chi connectivity index (χ3n) is 3.29. The summed E-state index contributed by atoms with van der Waals surface area (Å²) in [5.74, 6) is 0.231. The highest BCUT2D eigenvalue weighted by atomic mass is 79.9. The fourth-order valence-electron chi connectivity index (χ4n) is 2.10. The summed E-state index contributed by atoms with van der Waals surface area (Å²) < 4.78 is 33.4. The van der Waals surface area contributed by atoms with Crippen molar-refractivity contribution >= 4 is 43.2 Å². The van der Waals surface area contributed by atoms with Crippen LogP contribution < -0.4 is 14.8 Å². The number of benzene rings is 2. The smallest absolute Gasteiger partial charge is 0.265 e. The fourth-order valence-corrected chi connectivity index (χ4v) is 3.41. The number of halogens is 1. The van der Waals surface area contributed by atoms with E-state index in [2.05, 4.69) is 26.0 Å². The van der Waals surface area contributed by atoms with Crippen LogP contribution in [0.2, 0.25) is 0 Å². The van der Waals surface area contributed by atoms with E-state index in [4.69, 9.17) is 4.74 Å². The van der Waals surface area contributed by atoms with Crippen molar-refractivity contribution in [1.82, 2.24) is 0 Å². The first-order valence-corrected chi connectivity index (χ1v) is 9.03. The molecule has 0 aliphatic carbocycles. The molecule has 0 unspecified atom stereocenters. The molecular weight excluding hydrogens is 384 g/mol. The molecule has 1 aliphatic heterocycles. The van der Waals surface area contributed by atoms with E-state index >= 15 is 0 Å². The maximum atomic E-state index is 12.4. The van der Waals surface area contributed by atoms with E-state index in [9.17, 15) is 13.2 Å². The molecule has 0 saturated heterocycles. The number of carbonyl (C=O) groups excluding carboxylic acids is 1. The van der Waals surface area contributed by atoms with Gasteiger partial charge in [0.2, 0.25) is 0 Å². The number of ether oxygens (including phenoxy) is 1. The first-order chi connectivity index (χ1) is 10.8. The van der Waals surface area contributed by atoms with Crippen molar-refractivity contribution < 1.29 is 17.9 Å². The first-order valence-electron chi connectivity index (χ1n) is 6.75. The average Bonchev–Trinajstić information content (AvgIpc) is 2.49. The van der Waals surface area contributed by atoms with Gasteiger partial charge in [-0.3, -0.25) is 9.52 Å². The molecule has 0 bridgehead atoms. The lowest BCUT2D eigenvalue weighted by molar-refractivity contribution is -0.122. The van der Waals surface area contributed by atoms with Gasteiger partial charge in [0.25, 0.3) is 15.9 Å². The largest absolute Gasteiger partial charge is 0.479 e. The van der Waals surface area contributed by atoms with Crippen LogP contribution in [-0.2, 0) is 14.8 Å². The number of amides is 1. The van der Waals surface area contributed by atoms with E-state index in [1.807, 2.05) is 0 Å². The van der Waals surface area contributed by atoms with Gasteiger partial charge in [-0.15, -0.1) is 0 Å². The summed E-state index contributed by atoms with van der Waals surface area (Å²) in [4.78, 5) is 11.8. The average molecular weight is 397 g/mol. The number of sulfonamides is 1. The van der Waals surface area contributed by atoms with Crippen LogP contribution in [0.5, 0.6) is 5.75 Å². The van der Waals surface area contributed by atoms with Gasteiger partial charge in [-0.25, -0.2) is 8.42 Å². The van der Waals surface area contributed by atoms with Crippen molar-refractivity contribution in [3.05, 3.63) is 46.9 Å². The van der Waals surface area contributed by atoms with Crippen LogP contribution in [0.3, 0.4) is 0 Å². The summed E-state index contributed by atoms with van der Waals surface area (Å²) in [6.07, 6.45) is -0.576. The second-order valence-electron chi connectivity index (χ2n) is 5.02. The molecule has 1 atom stereocenters. The molecule has 0 radical (unpaired) electrons. The lowest BCUT2D eigenvalue weighted by Gasteiger charge is -2.23. The number of anilines is 2. The molecule has 8 heteroatoms. The van der Waals surface area contributed by atoms with Crippen LogP contribution in [0.25, 0.3) is 0 Å². The summed E-state index contributed by atoms with van der Waals surface area (Å²) in [6.45, 7) is 1.64. The molecule has 1 amide bonds. The molecule has 2 N–H and O–H groups in total. The quantitative estimate of drug-likeness (QED) is 0.834. The first kappa shape index (κ1) is 15.8. The lowest BCUT2D eigenvalue weighted by atomic mass is 10.2. The standard InChI is InChI=1S/C15H13BrN2O4S/c1-9-15(19)17-13-8-11(4-7-14(13)22-9)18-23(20,21)12-5-2-10(16)3-6-12/h2-9,18H,1H3,(H,17,19)/t9-/m1/s1. The number of carbonyl (C=O) groups is 1. The van der Waals surface area contributed by atoms with E-state index in [0.717, 1.165) is 4.47 Å². The van der Waals surface area contributed by atoms with E-state index in [1.54, 1.807) is 31.2 Å². The predicted octanol–water partition coefficient (Wildman–Crippen LogP) is 2.97. The zero-order valence-corrected chi connectivity index (χ0v) is 14.4. The molecule has 0 saturated carbocycles. The van der Waals surface area contributed by atoms with Gasteiger partial charge in [0, 0.05) is 4.47 Å². The van der Waals surface area contributed by atoms with Crippen molar-refractivity contribution in [1.29, 1.82) is 0 Å². The second kappa shape index (κ2) is 5.86. The minimum Gasteiger partial charge on any atom is -0.479 e. The Labute approximate surface area is 142 Å². The maximum Gasteiger partial charge on any atom is 0.265 e. The van der Waals surface area contributed by atoms with Gasteiger partial charge in [0.1, 0.15) is 5.75 Å². The predicted molar refractivity (Wildman–Crippen MR) is 90.1 cm³/mol. The highest BCUT2D eigenvalue weighted by Crippen LogP contribution is 2.32. The molecule has 120 valence electrons. The molecule has 2 aromatic rings. The summed E-state index contributed by atoms with van der Waals surface area (Å²) in [7, 11) is -3.71. The second-order valence-corrected chi connectivity index (χ2v) is 7.62. The SMILES string of the molecule is C[C@H]1Oc2ccc(NS(=O)(=O)c3ccc(Br)cc3)cc2NC1=O. The fraction of sp³-hybridized carbons (Fsp3) is 0.133. The van der Waals surface area contributed by atoms with E-state index in [0.29, 0.717) is 17.1 Å². The van der Waals surface area contributed by atoms with Crippen molar-refractivity contribution in [3.63, 3.8) is 0 Å². The molecule has 3 rings (SSSR count). The van der Waals surface area contributed by atoms with E-state index in [-0.39, 0.29) is 10.8 Å². The van der Waals surface area contributed by atoms with Gasteiger partial charge < -0.3 is 10.1 Å². The van der Waals surface area contributed by atoms with Crippen molar-refractivity contribution in [2.75, 3.05) is 10.0 Å². The summed E-state index contributed by atoms with van der Waals surface area (Å²) in [5, 5.41) is 2.68. The van der Waals surface area contributed by atoms with Crippen LogP contribution in [0.15, 0.2) is 51.8 Å². The molecule has 0 fully saturated rings. The Bertz CT molecular complexity index is 866. The van der Waals surface area contributed by atoms with Crippen molar-refractivity contribution in [2.24, 2.45) is 0 Å². The van der Waals surface area contributed by atoms with E-state index in [1.165, 1.54) is 18.2 Å². The Morgan fingerprint density at radius 1 is 1.17 bits per heavy atom. The van der Waals surface area contributed by atoms with E-state index < -0.39 is 16.1 Å². The summed E-state index contributed by atoms with van der Waals surface area (Å²) >= 11 is 3.26. The Balaban J connectivity index is 1.87. The Morgan fingerprint density at radius 3 is 2.57 bits per heavy atom. The number of nitrogens with one attached hydrogen (secondary N) is 2. The number of hydrogen-bond acceptors (Lipinski definition) is 4. The van der Waals surface area contributed by atoms with Crippen molar-refractivity contribution in [3.8, 4) is 5.75 Å².